The predicted molar refractivity (Wildman–Crippen MR) is 117 cm³/mol. The van der Waals surface area contributed by atoms with Crippen LogP contribution in [0.2, 0.25) is 0 Å². The van der Waals surface area contributed by atoms with E-state index in [1.165, 1.54) is 31.2 Å². The maximum Gasteiger partial charge on any atom is 0.303 e. The van der Waals surface area contributed by atoms with Gasteiger partial charge in [0.05, 0.1) is 19.3 Å². The number of esters is 2. The monoisotopic (exact) mass is 436 g/mol. The van der Waals surface area contributed by atoms with E-state index in [-0.39, 0.29) is 12.0 Å². The highest BCUT2D eigenvalue weighted by Crippen LogP contribution is 2.42. The molecular weight excluding hydrogens is 404 g/mol. The van der Waals surface area contributed by atoms with E-state index in [0.29, 0.717) is 13.2 Å². The Kier molecular flexibility index (Phi) is 9.39. The summed E-state index contributed by atoms with van der Waals surface area (Å²) < 4.78 is 23.1. The average Bonchev–Trinajstić information content (AvgIpc) is 2.70. The van der Waals surface area contributed by atoms with Crippen LogP contribution < -0.4 is 0 Å². The number of aryl methyl sites for hydroxylation is 1. The smallest absolute Gasteiger partial charge is 0.303 e. The number of benzene rings is 1. The number of hydrogen-bond acceptors (Lipinski definition) is 7. The van der Waals surface area contributed by atoms with Crippen LogP contribution in [0.5, 0.6) is 0 Å². The van der Waals surface area contributed by atoms with E-state index in [0.717, 1.165) is 17.5 Å². The second-order valence-electron chi connectivity index (χ2n) is 7.35. The van der Waals surface area contributed by atoms with Crippen LogP contribution in [0.25, 0.3) is 0 Å². The minimum atomic E-state index is -0.669. The molecule has 0 saturated carbocycles. The van der Waals surface area contributed by atoms with E-state index >= 15 is 0 Å². The van der Waals surface area contributed by atoms with Crippen LogP contribution in [0.4, 0.5) is 0 Å². The molecule has 0 spiro atoms. The molecule has 30 heavy (non-hydrogen) atoms. The molecule has 0 radical (unpaired) electrons. The molecule has 1 heterocycles. The van der Waals surface area contributed by atoms with Crippen LogP contribution in [-0.2, 0) is 41.6 Å². The van der Waals surface area contributed by atoms with Gasteiger partial charge in [-0.05, 0) is 29.4 Å². The summed E-state index contributed by atoms with van der Waals surface area (Å²) in [4.78, 5) is 23.4. The van der Waals surface area contributed by atoms with Gasteiger partial charge in [0.1, 0.15) is 11.5 Å². The summed E-state index contributed by atoms with van der Waals surface area (Å²) in [6, 6.07) is 6.23. The molecule has 1 saturated heterocycles. The molecule has 0 amide bonds. The second-order valence-corrected chi connectivity index (χ2v) is 8.29. The highest BCUT2D eigenvalue weighted by Gasteiger charge is 2.48. The van der Waals surface area contributed by atoms with Crippen molar-refractivity contribution in [3.8, 4) is 0 Å². The van der Waals surface area contributed by atoms with Gasteiger partial charge in [0.15, 0.2) is 6.10 Å². The lowest BCUT2D eigenvalue weighted by Crippen LogP contribution is -2.52. The molecule has 7 heteroatoms. The van der Waals surface area contributed by atoms with Gasteiger partial charge in [-0.25, -0.2) is 0 Å². The first kappa shape index (κ1) is 24.4. The standard InChI is InChI=1S/C23H32O6S/c1-7-11-26-13-19-12-18(10-9-17(19)8-2)20-14(3)21(27-15(4)24)22(28-16(5)25)23(29-20)30-6/h7,9-10,12,14,20-23H,1,8,11,13H2,2-6H3/t14-,20+,21+,22-,23+/m0/s1. The zero-order chi connectivity index (χ0) is 22.3. The van der Waals surface area contributed by atoms with Crippen molar-refractivity contribution in [3.63, 3.8) is 0 Å². The van der Waals surface area contributed by atoms with E-state index in [9.17, 15) is 9.59 Å². The normalized spacial score (nSPS) is 26.1. The fraction of sp³-hybridized carbons (Fsp3) is 0.565. The van der Waals surface area contributed by atoms with Crippen molar-refractivity contribution in [2.24, 2.45) is 5.92 Å². The lowest BCUT2D eigenvalue weighted by molar-refractivity contribution is -0.208. The summed E-state index contributed by atoms with van der Waals surface area (Å²) in [7, 11) is 0. The summed E-state index contributed by atoms with van der Waals surface area (Å²) in [5.41, 5.74) is 2.83. The van der Waals surface area contributed by atoms with E-state index in [1.54, 1.807) is 6.08 Å². The molecule has 0 bridgehead atoms. The van der Waals surface area contributed by atoms with Gasteiger partial charge < -0.3 is 18.9 Å². The highest BCUT2D eigenvalue weighted by molar-refractivity contribution is 7.99. The predicted octanol–water partition coefficient (Wildman–Crippen LogP) is 4.21. The third-order valence-electron chi connectivity index (χ3n) is 5.14. The number of thioether (sulfide) groups is 1. The van der Waals surface area contributed by atoms with Crippen LogP contribution in [0.15, 0.2) is 30.9 Å². The molecule has 0 aromatic heterocycles. The fourth-order valence-electron chi connectivity index (χ4n) is 3.78. The number of rotatable bonds is 9. The van der Waals surface area contributed by atoms with Gasteiger partial charge in [0.25, 0.3) is 0 Å². The molecule has 1 fully saturated rings. The Labute approximate surface area is 183 Å². The van der Waals surface area contributed by atoms with Crippen LogP contribution in [0.1, 0.15) is 50.5 Å². The van der Waals surface area contributed by atoms with Gasteiger partial charge >= 0.3 is 11.9 Å². The van der Waals surface area contributed by atoms with E-state index in [2.05, 4.69) is 25.6 Å². The first-order chi connectivity index (χ1) is 14.3. The zero-order valence-corrected chi connectivity index (χ0v) is 19.2. The molecule has 1 aromatic rings. The van der Waals surface area contributed by atoms with Gasteiger partial charge in [0.2, 0.25) is 0 Å². The van der Waals surface area contributed by atoms with Gasteiger partial charge in [0, 0.05) is 19.8 Å². The quantitative estimate of drug-likeness (QED) is 0.326. The Balaban J connectivity index is 2.37. The van der Waals surface area contributed by atoms with Gasteiger partial charge in [-0.2, -0.15) is 0 Å². The topological polar surface area (TPSA) is 71.1 Å². The summed E-state index contributed by atoms with van der Waals surface area (Å²) >= 11 is 1.43. The Hall–Kier alpha value is -1.83. The second kappa shape index (κ2) is 11.5. The van der Waals surface area contributed by atoms with Crippen molar-refractivity contribution in [1.82, 2.24) is 0 Å². The average molecular weight is 437 g/mol. The van der Waals surface area contributed by atoms with Crippen molar-refractivity contribution in [1.29, 1.82) is 0 Å². The Morgan fingerprint density at radius 1 is 1.17 bits per heavy atom. The van der Waals surface area contributed by atoms with Crippen molar-refractivity contribution in [3.05, 3.63) is 47.5 Å². The van der Waals surface area contributed by atoms with Crippen molar-refractivity contribution in [2.75, 3.05) is 12.9 Å². The van der Waals surface area contributed by atoms with Gasteiger partial charge in [-0.15, -0.1) is 18.3 Å². The minimum Gasteiger partial charge on any atom is -0.458 e. The Bertz CT molecular complexity index is 749. The van der Waals surface area contributed by atoms with E-state index < -0.39 is 29.6 Å². The maximum absolute atomic E-state index is 11.8. The Morgan fingerprint density at radius 3 is 2.40 bits per heavy atom. The zero-order valence-electron chi connectivity index (χ0n) is 18.4. The van der Waals surface area contributed by atoms with Crippen molar-refractivity contribution < 1.29 is 28.5 Å². The third kappa shape index (κ3) is 6.09. The van der Waals surface area contributed by atoms with Gasteiger partial charge in [-0.1, -0.05) is 38.1 Å². The number of carbonyl (C=O) groups is 2. The molecule has 1 aliphatic rings. The molecule has 0 N–H and O–H groups in total. The lowest BCUT2D eigenvalue weighted by atomic mass is 9.86. The van der Waals surface area contributed by atoms with Crippen molar-refractivity contribution in [2.45, 2.75) is 64.5 Å². The summed E-state index contributed by atoms with van der Waals surface area (Å²) in [6.45, 7) is 11.4. The third-order valence-corrected chi connectivity index (χ3v) is 5.98. The lowest BCUT2D eigenvalue weighted by Gasteiger charge is -2.44. The molecule has 0 unspecified atom stereocenters. The van der Waals surface area contributed by atoms with Gasteiger partial charge in [-0.3, -0.25) is 9.59 Å². The Morgan fingerprint density at radius 2 is 1.83 bits per heavy atom. The minimum absolute atomic E-state index is 0.212. The number of hydrogen-bond donors (Lipinski definition) is 0. The molecule has 1 aromatic carbocycles. The van der Waals surface area contributed by atoms with E-state index in [1.807, 2.05) is 19.2 Å². The van der Waals surface area contributed by atoms with Crippen LogP contribution >= 0.6 is 11.8 Å². The SMILES string of the molecule is C=CCOCc1cc([C@@H]2O[C@H](SC)[C@@H](OC(C)=O)[C@H](OC(C)=O)[C@H]2C)ccc1CC. The van der Waals surface area contributed by atoms with Crippen LogP contribution in [0, 0.1) is 5.92 Å². The molecule has 1 aliphatic heterocycles. The molecule has 2 rings (SSSR count). The van der Waals surface area contributed by atoms with Crippen LogP contribution in [0.3, 0.4) is 0 Å². The molecule has 5 atom stereocenters. The first-order valence-corrected chi connectivity index (χ1v) is 11.4. The first-order valence-electron chi connectivity index (χ1n) is 10.1. The molecule has 6 nitrogen and oxygen atoms in total. The summed E-state index contributed by atoms with van der Waals surface area (Å²) in [6.07, 6.45) is 2.92. The summed E-state index contributed by atoms with van der Waals surface area (Å²) in [5, 5.41) is 0. The fourth-order valence-corrected chi connectivity index (χ4v) is 4.49. The van der Waals surface area contributed by atoms with E-state index in [4.69, 9.17) is 18.9 Å². The number of carbonyl (C=O) groups excluding carboxylic acids is 2. The molecular formula is C23H32O6S. The molecule has 166 valence electrons. The van der Waals surface area contributed by atoms with Crippen LogP contribution in [-0.4, -0.2) is 42.4 Å². The largest absolute Gasteiger partial charge is 0.458 e. The number of ether oxygens (including phenoxy) is 4. The van der Waals surface area contributed by atoms with Crippen molar-refractivity contribution >= 4 is 23.7 Å². The molecule has 0 aliphatic carbocycles. The highest BCUT2D eigenvalue weighted by atomic mass is 32.2. The summed E-state index contributed by atoms with van der Waals surface area (Å²) in [5.74, 6) is -1.06. The maximum atomic E-state index is 11.8.